The molecule has 0 aromatic heterocycles. The number of benzene rings is 1. The van der Waals surface area contributed by atoms with Crippen molar-refractivity contribution in [1.82, 2.24) is 10.2 Å². The lowest BCUT2D eigenvalue weighted by atomic mass is 9.81. The summed E-state index contributed by atoms with van der Waals surface area (Å²) in [5.74, 6) is 0.774. The van der Waals surface area contributed by atoms with E-state index in [1.54, 1.807) is 5.56 Å². The molecule has 0 radical (unpaired) electrons. The van der Waals surface area contributed by atoms with Crippen molar-refractivity contribution in [3.63, 3.8) is 0 Å². The number of nitrogens with one attached hydrogen (secondary N) is 1. The van der Waals surface area contributed by atoms with Crippen LogP contribution in [-0.4, -0.2) is 32.1 Å². The zero-order chi connectivity index (χ0) is 14.0. The third-order valence-electron chi connectivity index (χ3n) is 4.42. The standard InChI is InChI=1S/C17H28N2/c1-12-10-13(2)16(14(3)11-12)17(19(4)5)15-6-8-18-9-7-15/h10-11,15,17-18H,6-9H2,1-5H3. The molecule has 1 heterocycles. The molecule has 0 aliphatic carbocycles. The minimum Gasteiger partial charge on any atom is -0.317 e. The van der Waals surface area contributed by atoms with Crippen molar-refractivity contribution in [3.05, 3.63) is 34.4 Å². The number of rotatable bonds is 3. The predicted octanol–water partition coefficient (Wildman–Crippen LogP) is 3.21. The van der Waals surface area contributed by atoms with Gasteiger partial charge in [0.2, 0.25) is 0 Å². The van der Waals surface area contributed by atoms with Crippen molar-refractivity contribution in [2.45, 2.75) is 39.7 Å². The average molecular weight is 260 g/mol. The first-order chi connectivity index (χ1) is 9.00. The third kappa shape index (κ3) is 3.18. The van der Waals surface area contributed by atoms with Crippen LogP contribution in [0.1, 0.15) is 41.1 Å². The van der Waals surface area contributed by atoms with E-state index in [0.717, 1.165) is 5.92 Å². The number of hydrogen-bond donors (Lipinski definition) is 1. The lowest BCUT2D eigenvalue weighted by Crippen LogP contribution is -2.36. The van der Waals surface area contributed by atoms with Gasteiger partial charge in [0.15, 0.2) is 0 Å². The van der Waals surface area contributed by atoms with Gasteiger partial charge in [-0.05, 0) is 83.4 Å². The number of nitrogens with zero attached hydrogens (tertiary/aromatic N) is 1. The Morgan fingerprint density at radius 1 is 1.05 bits per heavy atom. The van der Waals surface area contributed by atoms with Gasteiger partial charge in [-0.15, -0.1) is 0 Å². The summed E-state index contributed by atoms with van der Waals surface area (Å²) in [6.07, 6.45) is 2.57. The van der Waals surface area contributed by atoms with Gasteiger partial charge in [0.25, 0.3) is 0 Å². The molecule has 1 fully saturated rings. The molecule has 1 aliphatic rings. The average Bonchev–Trinajstić information content (AvgIpc) is 2.34. The van der Waals surface area contributed by atoms with E-state index in [1.807, 2.05) is 0 Å². The Bertz CT molecular complexity index is 408. The van der Waals surface area contributed by atoms with E-state index in [0.29, 0.717) is 6.04 Å². The number of aryl methyl sites for hydroxylation is 3. The molecule has 0 saturated carbocycles. The highest BCUT2D eigenvalue weighted by atomic mass is 15.1. The Kier molecular flexibility index (Phi) is 4.64. The molecule has 19 heavy (non-hydrogen) atoms. The maximum atomic E-state index is 3.48. The van der Waals surface area contributed by atoms with E-state index in [-0.39, 0.29) is 0 Å². The van der Waals surface area contributed by atoms with Crippen LogP contribution >= 0.6 is 0 Å². The molecule has 0 amide bonds. The van der Waals surface area contributed by atoms with E-state index in [9.17, 15) is 0 Å². The topological polar surface area (TPSA) is 15.3 Å². The molecule has 1 aromatic rings. The highest BCUT2D eigenvalue weighted by Gasteiger charge is 2.28. The smallest absolute Gasteiger partial charge is 0.0376 e. The van der Waals surface area contributed by atoms with E-state index in [1.165, 1.54) is 42.6 Å². The Labute approximate surface area is 118 Å². The van der Waals surface area contributed by atoms with Crippen LogP contribution in [0.4, 0.5) is 0 Å². The van der Waals surface area contributed by atoms with Crippen molar-refractivity contribution in [2.75, 3.05) is 27.2 Å². The largest absolute Gasteiger partial charge is 0.317 e. The second-order valence-corrected chi connectivity index (χ2v) is 6.31. The quantitative estimate of drug-likeness (QED) is 0.897. The summed E-state index contributed by atoms with van der Waals surface area (Å²) >= 11 is 0. The fraction of sp³-hybridized carbons (Fsp3) is 0.647. The molecule has 1 atom stereocenters. The second-order valence-electron chi connectivity index (χ2n) is 6.31. The van der Waals surface area contributed by atoms with Gasteiger partial charge in [0.1, 0.15) is 0 Å². The summed E-state index contributed by atoms with van der Waals surface area (Å²) < 4.78 is 0. The normalized spacial score (nSPS) is 18.8. The summed E-state index contributed by atoms with van der Waals surface area (Å²) in [5, 5.41) is 3.48. The SMILES string of the molecule is Cc1cc(C)c(C(C2CCNCC2)N(C)C)c(C)c1. The summed E-state index contributed by atoms with van der Waals surface area (Å²) in [6.45, 7) is 9.07. The van der Waals surface area contributed by atoms with Gasteiger partial charge in [0.05, 0.1) is 0 Å². The van der Waals surface area contributed by atoms with Crippen LogP contribution in [0.15, 0.2) is 12.1 Å². The first kappa shape index (κ1) is 14.5. The van der Waals surface area contributed by atoms with Gasteiger partial charge in [-0.1, -0.05) is 17.7 Å². The molecule has 106 valence electrons. The van der Waals surface area contributed by atoms with Crippen LogP contribution in [0.5, 0.6) is 0 Å². The van der Waals surface area contributed by atoms with Gasteiger partial charge < -0.3 is 10.2 Å². The first-order valence-electron chi connectivity index (χ1n) is 7.45. The summed E-state index contributed by atoms with van der Waals surface area (Å²) in [7, 11) is 4.46. The van der Waals surface area contributed by atoms with Crippen molar-refractivity contribution in [3.8, 4) is 0 Å². The Hall–Kier alpha value is -0.860. The maximum Gasteiger partial charge on any atom is 0.0376 e. The van der Waals surface area contributed by atoms with E-state index >= 15 is 0 Å². The fourth-order valence-electron chi connectivity index (χ4n) is 3.73. The third-order valence-corrected chi connectivity index (χ3v) is 4.42. The van der Waals surface area contributed by atoms with Crippen LogP contribution in [0, 0.1) is 26.7 Å². The Morgan fingerprint density at radius 3 is 2.05 bits per heavy atom. The highest BCUT2D eigenvalue weighted by molar-refractivity contribution is 5.40. The highest BCUT2D eigenvalue weighted by Crippen LogP contribution is 2.36. The number of piperidine rings is 1. The van der Waals surface area contributed by atoms with E-state index in [4.69, 9.17) is 0 Å². The van der Waals surface area contributed by atoms with Gasteiger partial charge >= 0.3 is 0 Å². The Balaban J connectivity index is 2.38. The summed E-state index contributed by atoms with van der Waals surface area (Å²) in [4.78, 5) is 2.42. The molecule has 1 N–H and O–H groups in total. The van der Waals surface area contributed by atoms with Crippen molar-refractivity contribution < 1.29 is 0 Å². The molecular formula is C17H28N2. The molecule has 2 rings (SSSR count). The van der Waals surface area contributed by atoms with E-state index < -0.39 is 0 Å². The molecule has 1 aliphatic heterocycles. The zero-order valence-corrected chi connectivity index (χ0v) is 13.1. The fourth-order valence-corrected chi connectivity index (χ4v) is 3.73. The van der Waals surface area contributed by atoms with Crippen molar-refractivity contribution >= 4 is 0 Å². The maximum absolute atomic E-state index is 3.48. The van der Waals surface area contributed by atoms with Crippen LogP contribution in [-0.2, 0) is 0 Å². The summed E-state index contributed by atoms with van der Waals surface area (Å²) in [5.41, 5.74) is 5.84. The van der Waals surface area contributed by atoms with Gasteiger partial charge in [-0.25, -0.2) is 0 Å². The lowest BCUT2D eigenvalue weighted by Gasteiger charge is -2.37. The van der Waals surface area contributed by atoms with Gasteiger partial charge in [0, 0.05) is 6.04 Å². The second kappa shape index (κ2) is 6.06. The molecule has 2 heteroatoms. The van der Waals surface area contributed by atoms with Crippen LogP contribution < -0.4 is 5.32 Å². The summed E-state index contributed by atoms with van der Waals surface area (Å²) in [6, 6.07) is 5.22. The monoisotopic (exact) mass is 260 g/mol. The first-order valence-corrected chi connectivity index (χ1v) is 7.45. The van der Waals surface area contributed by atoms with Crippen molar-refractivity contribution in [1.29, 1.82) is 0 Å². The van der Waals surface area contributed by atoms with Crippen LogP contribution in [0.3, 0.4) is 0 Å². The van der Waals surface area contributed by atoms with Crippen LogP contribution in [0.2, 0.25) is 0 Å². The van der Waals surface area contributed by atoms with Gasteiger partial charge in [-0.2, -0.15) is 0 Å². The molecule has 1 aromatic carbocycles. The lowest BCUT2D eigenvalue weighted by molar-refractivity contribution is 0.176. The molecule has 0 spiro atoms. The van der Waals surface area contributed by atoms with E-state index in [2.05, 4.69) is 57.2 Å². The molecule has 1 saturated heterocycles. The number of hydrogen-bond acceptors (Lipinski definition) is 2. The Morgan fingerprint density at radius 2 is 1.58 bits per heavy atom. The molecule has 0 bridgehead atoms. The molecule has 1 unspecified atom stereocenters. The van der Waals surface area contributed by atoms with Crippen LogP contribution in [0.25, 0.3) is 0 Å². The minimum absolute atomic E-state index is 0.558. The molecule has 2 nitrogen and oxygen atoms in total. The predicted molar refractivity (Wildman–Crippen MR) is 82.7 cm³/mol. The van der Waals surface area contributed by atoms with Crippen molar-refractivity contribution in [2.24, 2.45) is 5.92 Å². The molecular weight excluding hydrogens is 232 g/mol. The minimum atomic E-state index is 0.558. The van der Waals surface area contributed by atoms with Gasteiger partial charge in [-0.3, -0.25) is 0 Å². The zero-order valence-electron chi connectivity index (χ0n) is 13.1.